The summed E-state index contributed by atoms with van der Waals surface area (Å²) in [6.45, 7) is 0. The molecule has 322 valence electrons. The van der Waals surface area contributed by atoms with Crippen molar-refractivity contribution in [2.45, 2.75) is 0 Å². The summed E-state index contributed by atoms with van der Waals surface area (Å²) in [7, 11) is 0. The summed E-state index contributed by atoms with van der Waals surface area (Å²) in [4.78, 5) is 15.0. The Morgan fingerprint density at radius 3 is 1.36 bits per heavy atom. The summed E-state index contributed by atoms with van der Waals surface area (Å²) in [6.07, 6.45) is 0. The van der Waals surface area contributed by atoms with Gasteiger partial charge < -0.3 is 13.6 Å². The molecule has 0 atom stereocenters. The van der Waals surface area contributed by atoms with Gasteiger partial charge in [-0.1, -0.05) is 176 Å². The molecule has 14 rings (SSSR count). The zero-order valence-electron chi connectivity index (χ0n) is 37.2. The van der Waals surface area contributed by atoms with Gasteiger partial charge in [0.15, 0.2) is 23.1 Å². The first-order chi connectivity index (χ1) is 34.2. The van der Waals surface area contributed by atoms with Crippen molar-refractivity contribution in [3.8, 4) is 67.8 Å². The molecule has 0 aliphatic rings. The monoisotopic (exact) mass is 881 g/mol. The number of hydrogen-bond donors (Lipinski definition) is 0. The minimum atomic E-state index is 0.606. The number of nitrogens with zero attached hydrogens (tertiary/aromatic N) is 5. The quantitative estimate of drug-likeness (QED) is 0.160. The second-order valence-electron chi connectivity index (χ2n) is 17.6. The summed E-state index contributed by atoms with van der Waals surface area (Å²) in [6, 6.07) is 83.3. The molecule has 0 spiro atoms. The van der Waals surface area contributed by atoms with E-state index in [1.807, 2.05) is 60.7 Å². The lowest BCUT2D eigenvalue weighted by Gasteiger charge is -2.10. The molecule has 0 aliphatic carbocycles. The van der Waals surface area contributed by atoms with Crippen LogP contribution in [0, 0.1) is 0 Å². The second-order valence-corrected chi connectivity index (χ2v) is 17.6. The zero-order chi connectivity index (χ0) is 45.4. The Kier molecular flexibility index (Phi) is 8.79. The summed E-state index contributed by atoms with van der Waals surface area (Å²) in [5, 5.41) is 6.96. The van der Waals surface area contributed by atoms with E-state index < -0.39 is 0 Å². The van der Waals surface area contributed by atoms with Crippen LogP contribution in [-0.4, -0.2) is 24.1 Å². The molecular weight excluding hydrogens is 843 g/mol. The van der Waals surface area contributed by atoms with Crippen molar-refractivity contribution in [3.05, 3.63) is 237 Å². The van der Waals surface area contributed by atoms with Crippen LogP contribution in [0.5, 0.6) is 0 Å². The van der Waals surface area contributed by atoms with E-state index in [2.05, 4.69) is 185 Å². The normalized spacial score (nSPS) is 11.8. The van der Waals surface area contributed by atoms with E-state index in [0.29, 0.717) is 17.5 Å². The lowest BCUT2D eigenvalue weighted by Crippen LogP contribution is -2.00. The van der Waals surface area contributed by atoms with Gasteiger partial charge in [-0.15, -0.1) is 0 Å². The van der Waals surface area contributed by atoms with Crippen LogP contribution in [0.15, 0.2) is 241 Å². The van der Waals surface area contributed by atoms with Crippen LogP contribution in [-0.2, 0) is 0 Å². The van der Waals surface area contributed by atoms with Crippen LogP contribution in [0.1, 0.15) is 0 Å². The van der Waals surface area contributed by atoms with Crippen molar-refractivity contribution in [2.75, 3.05) is 0 Å². The number of fused-ring (bicyclic) bond motifs is 9. The number of benzene rings is 10. The summed E-state index contributed by atoms with van der Waals surface area (Å²) >= 11 is 0. The highest BCUT2D eigenvalue weighted by Gasteiger charge is 2.21. The molecule has 4 aromatic heterocycles. The van der Waals surface area contributed by atoms with Gasteiger partial charge in [-0.2, -0.15) is 0 Å². The van der Waals surface area contributed by atoms with E-state index >= 15 is 0 Å². The van der Waals surface area contributed by atoms with Gasteiger partial charge in [0.25, 0.3) is 0 Å². The van der Waals surface area contributed by atoms with E-state index in [1.54, 1.807) is 0 Å². The highest BCUT2D eigenvalue weighted by molar-refractivity contribution is 6.15. The van der Waals surface area contributed by atoms with Gasteiger partial charge in [-0.25, -0.2) is 15.0 Å². The molecule has 0 fully saturated rings. The summed E-state index contributed by atoms with van der Waals surface area (Å²) < 4.78 is 11.9. The van der Waals surface area contributed by atoms with Crippen molar-refractivity contribution in [3.63, 3.8) is 0 Å². The number of hydrogen-bond acceptors (Lipinski definition) is 4. The van der Waals surface area contributed by atoms with Crippen LogP contribution < -0.4 is 0 Å². The standard InChI is InChI=1S/C63H39N5O/c1-4-17-40(18-5-1)61-64-62(41-19-6-2-7-20-41)66-63(65-61)45-22-14-21-44(37-45)47-27-15-28-50-51-29-16-32-58(60(51)69-59(47)50)68-55-31-13-11-26-49(55)53-39-43(34-36-57(53)68)42-33-35-56-52(38-42)48-25-10-12-30-54(48)67(56)46-23-8-3-9-24-46/h1-39H. The molecule has 0 aliphatic heterocycles. The third-order valence-corrected chi connectivity index (χ3v) is 13.6. The lowest BCUT2D eigenvalue weighted by molar-refractivity contribution is 0.667. The van der Waals surface area contributed by atoms with Crippen LogP contribution >= 0.6 is 0 Å². The van der Waals surface area contributed by atoms with Gasteiger partial charge in [-0.05, 0) is 77.4 Å². The Labute approximate surface area is 396 Å². The van der Waals surface area contributed by atoms with Crippen molar-refractivity contribution in [2.24, 2.45) is 0 Å². The third-order valence-electron chi connectivity index (χ3n) is 13.6. The van der Waals surface area contributed by atoms with Crippen LogP contribution in [0.4, 0.5) is 0 Å². The molecule has 0 saturated carbocycles. The number of para-hydroxylation sites is 5. The molecule has 14 aromatic rings. The Morgan fingerprint density at radius 1 is 0.275 bits per heavy atom. The van der Waals surface area contributed by atoms with Gasteiger partial charge in [-0.3, -0.25) is 0 Å². The Bertz CT molecular complexity index is 4240. The van der Waals surface area contributed by atoms with Gasteiger partial charge in [0.05, 0.1) is 27.8 Å². The molecule has 10 aromatic carbocycles. The lowest BCUT2D eigenvalue weighted by atomic mass is 10.00. The number of rotatable bonds is 7. The highest BCUT2D eigenvalue weighted by Crippen LogP contribution is 2.43. The topological polar surface area (TPSA) is 61.7 Å². The maximum atomic E-state index is 7.13. The van der Waals surface area contributed by atoms with Crippen molar-refractivity contribution in [1.82, 2.24) is 24.1 Å². The minimum absolute atomic E-state index is 0.606. The van der Waals surface area contributed by atoms with Crippen LogP contribution in [0.3, 0.4) is 0 Å². The molecule has 4 heterocycles. The molecule has 0 N–H and O–H groups in total. The summed E-state index contributed by atoms with van der Waals surface area (Å²) in [5.74, 6) is 1.86. The third kappa shape index (κ3) is 6.30. The van der Waals surface area contributed by atoms with Gasteiger partial charge in [0, 0.05) is 60.3 Å². The molecule has 6 nitrogen and oxygen atoms in total. The largest absolute Gasteiger partial charge is 0.453 e. The molecule has 0 amide bonds. The first-order valence-corrected chi connectivity index (χ1v) is 23.3. The molecule has 0 saturated heterocycles. The molecule has 6 heteroatoms. The fourth-order valence-electron chi connectivity index (χ4n) is 10.4. The molecule has 0 bridgehead atoms. The molecule has 0 radical (unpaired) electrons. The van der Waals surface area contributed by atoms with Crippen LogP contribution in [0.2, 0.25) is 0 Å². The average molecular weight is 882 g/mol. The first kappa shape index (κ1) is 38.8. The molecular formula is C63H39N5O. The molecule has 69 heavy (non-hydrogen) atoms. The smallest absolute Gasteiger partial charge is 0.164 e. The predicted octanol–water partition coefficient (Wildman–Crippen LogP) is 16.3. The van der Waals surface area contributed by atoms with Crippen molar-refractivity contribution < 1.29 is 4.42 Å². The molecule has 0 unspecified atom stereocenters. The maximum absolute atomic E-state index is 7.13. The average Bonchev–Trinajstić information content (AvgIpc) is 4.09. The fraction of sp³-hybridized carbons (Fsp3) is 0. The fourth-order valence-corrected chi connectivity index (χ4v) is 10.4. The first-order valence-electron chi connectivity index (χ1n) is 23.3. The van der Waals surface area contributed by atoms with Crippen LogP contribution in [0.25, 0.3) is 133 Å². The Balaban J connectivity index is 0.892. The van der Waals surface area contributed by atoms with E-state index in [9.17, 15) is 0 Å². The summed E-state index contributed by atoms with van der Waals surface area (Å²) in [5.41, 5.74) is 15.5. The number of furan rings is 1. The van der Waals surface area contributed by atoms with Gasteiger partial charge in [0.1, 0.15) is 5.58 Å². The highest BCUT2D eigenvalue weighted by atomic mass is 16.3. The number of aromatic nitrogens is 5. The van der Waals surface area contributed by atoms with Gasteiger partial charge >= 0.3 is 0 Å². The van der Waals surface area contributed by atoms with Crippen molar-refractivity contribution in [1.29, 1.82) is 0 Å². The minimum Gasteiger partial charge on any atom is -0.453 e. The zero-order valence-corrected chi connectivity index (χ0v) is 37.2. The van der Waals surface area contributed by atoms with Gasteiger partial charge in [0.2, 0.25) is 0 Å². The van der Waals surface area contributed by atoms with E-state index in [1.165, 1.54) is 43.7 Å². The van der Waals surface area contributed by atoms with Crippen molar-refractivity contribution >= 4 is 65.6 Å². The Morgan fingerprint density at radius 2 is 0.725 bits per heavy atom. The van der Waals surface area contributed by atoms with E-state index in [-0.39, 0.29) is 0 Å². The predicted molar refractivity (Wildman–Crippen MR) is 283 cm³/mol. The van der Waals surface area contributed by atoms with E-state index in [0.717, 1.165) is 72.2 Å². The SMILES string of the molecule is c1ccc(-c2nc(-c3ccccc3)nc(-c3cccc(-c4cccc5c4oc4c(-n6c7ccccc7c7cc(-c8ccc9c(c8)c8ccccc8n9-c8ccccc8)ccc76)cccc45)c3)n2)cc1. The maximum Gasteiger partial charge on any atom is 0.164 e. The Hall–Kier alpha value is -9.39. The second kappa shape index (κ2) is 15.6. The van der Waals surface area contributed by atoms with E-state index in [4.69, 9.17) is 19.4 Å².